The third-order valence-corrected chi connectivity index (χ3v) is 7.85. The summed E-state index contributed by atoms with van der Waals surface area (Å²) in [6, 6.07) is 12.7. The van der Waals surface area contributed by atoms with Gasteiger partial charge in [-0.2, -0.15) is 0 Å². The van der Waals surface area contributed by atoms with Gasteiger partial charge in [-0.3, -0.25) is 14.1 Å². The number of nitrogens with zero attached hydrogens (tertiary/aromatic N) is 2. The molecule has 0 amide bonds. The van der Waals surface area contributed by atoms with Crippen molar-refractivity contribution in [2.45, 2.75) is 103 Å². The number of para-hydroxylation sites is 1. The number of phosphoric acid groups is 1. The van der Waals surface area contributed by atoms with Gasteiger partial charge >= 0.3 is 0 Å². The lowest BCUT2D eigenvalue weighted by atomic mass is 10.1. The fourth-order valence-corrected chi connectivity index (χ4v) is 5.47. The molecule has 226 valence electrons. The van der Waals surface area contributed by atoms with Crippen molar-refractivity contribution in [1.82, 2.24) is 4.98 Å². The van der Waals surface area contributed by atoms with E-state index in [1.165, 1.54) is 68.9 Å². The van der Waals surface area contributed by atoms with Gasteiger partial charge in [-0.15, -0.1) is 0 Å². The van der Waals surface area contributed by atoms with Crippen molar-refractivity contribution in [3.05, 3.63) is 54.2 Å². The van der Waals surface area contributed by atoms with Gasteiger partial charge in [-0.25, -0.2) is 0 Å². The van der Waals surface area contributed by atoms with E-state index in [1.54, 1.807) is 0 Å². The minimum Gasteiger partial charge on any atom is -0.756 e. The number of phosphoric ester groups is 1. The Morgan fingerprint density at radius 2 is 1.43 bits per heavy atom. The molecule has 8 heteroatoms. The van der Waals surface area contributed by atoms with E-state index >= 15 is 0 Å². The molecule has 1 N–H and O–H groups in total. The predicted octanol–water partition coefficient (Wildman–Crippen LogP) is 7.32. The smallest absolute Gasteiger partial charge is 0.270 e. The van der Waals surface area contributed by atoms with Crippen molar-refractivity contribution in [3.63, 3.8) is 0 Å². The van der Waals surface area contributed by atoms with Gasteiger partial charge in [-0.05, 0) is 57.1 Å². The second kappa shape index (κ2) is 19.5. The van der Waals surface area contributed by atoms with E-state index in [9.17, 15) is 14.6 Å². The summed E-state index contributed by atoms with van der Waals surface area (Å²) in [7, 11) is 1.07. The highest BCUT2D eigenvalue weighted by atomic mass is 31.2. The molecular formula is C32H53N2O5P. The van der Waals surface area contributed by atoms with E-state index in [0.29, 0.717) is 10.9 Å². The number of pyridine rings is 1. The maximum atomic E-state index is 11.8. The minimum absolute atomic E-state index is 0.101. The highest BCUT2D eigenvalue weighted by molar-refractivity contribution is 7.45. The fourth-order valence-electron chi connectivity index (χ4n) is 4.69. The Bertz CT molecular complexity index is 1020. The van der Waals surface area contributed by atoms with Gasteiger partial charge in [0.05, 0.1) is 33.3 Å². The number of allylic oxidation sites excluding steroid dienone is 2. The summed E-state index contributed by atoms with van der Waals surface area (Å²) in [5.74, 6) is 0. The molecule has 1 heterocycles. The molecule has 2 unspecified atom stereocenters. The van der Waals surface area contributed by atoms with Crippen LogP contribution in [0.3, 0.4) is 0 Å². The molecule has 1 aromatic heterocycles. The van der Waals surface area contributed by atoms with Crippen LogP contribution in [-0.2, 0) is 20.0 Å². The maximum absolute atomic E-state index is 11.8. The van der Waals surface area contributed by atoms with Crippen LogP contribution in [0.2, 0.25) is 0 Å². The molecule has 7 nitrogen and oxygen atoms in total. The second-order valence-electron chi connectivity index (χ2n) is 11.9. The highest BCUT2D eigenvalue weighted by Gasteiger charge is 2.21. The molecule has 0 aliphatic heterocycles. The molecule has 0 bridgehead atoms. The van der Waals surface area contributed by atoms with Crippen LogP contribution in [0.1, 0.15) is 95.6 Å². The normalized spacial score (nSPS) is 14.6. The average molecular weight is 577 g/mol. The van der Waals surface area contributed by atoms with Gasteiger partial charge in [0.15, 0.2) is 0 Å². The SMILES string of the molecule is C[N+](C)(C)CC(O)OP(=O)([O-])OCCCCCCCC/C=C\CCCCCCCCc1ccc2ccccc2n1. The van der Waals surface area contributed by atoms with Gasteiger partial charge < -0.3 is 19.0 Å². The average Bonchev–Trinajstić information content (AvgIpc) is 2.88. The number of aromatic nitrogens is 1. The largest absolute Gasteiger partial charge is 0.756 e. The number of unbranched alkanes of at least 4 members (excludes halogenated alkanes) is 12. The standard InChI is InChI=1S/C32H53N2O5P/c1-34(2,3)28-32(35)39-40(36,37)38-27-21-17-15-13-11-9-7-5-4-6-8-10-12-14-16-18-23-30-26-25-29-22-19-20-24-31(29)33-30/h4-5,19-20,22,24-26,32,35H,6-18,21,23,27-28H2,1-3H3/b5-4-. The van der Waals surface area contributed by atoms with Gasteiger partial charge in [-0.1, -0.05) is 87.8 Å². The number of rotatable bonds is 23. The quantitative estimate of drug-likeness (QED) is 0.0490. The molecule has 0 aliphatic carbocycles. The van der Waals surface area contributed by atoms with E-state index in [0.717, 1.165) is 37.6 Å². The number of benzene rings is 1. The maximum Gasteiger partial charge on any atom is 0.270 e. The molecular weight excluding hydrogens is 523 g/mol. The summed E-state index contributed by atoms with van der Waals surface area (Å²) in [6.07, 6.45) is 20.6. The van der Waals surface area contributed by atoms with Crippen molar-refractivity contribution in [2.24, 2.45) is 0 Å². The Morgan fingerprint density at radius 3 is 2.08 bits per heavy atom. The Labute approximate surface area is 242 Å². The van der Waals surface area contributed by atoms with E-state index in [-0.39, 0.29) is 13.2 Å². The lowest BCUT2D eigenvalue weighted by Gasteiger charge is -2.30. The number of hydrogen-bond donors (Lipinski definition) is 1. The van der Waals surface area contributed by atoms with Crippen molar-refractivity contribution >= 4 is 18.7 Å². The number of aliphatic hydroxyl groups is 1. The third-order valence-electron chi connectivity index (χ3n) is 6.85. The summed E-state index contributed by atoms with van der Waals surface area (Å²) in [5.41, 5.74) is 2.31. The molecule has 0 saturated carbocycles. The van der Waals surface area contributed by atoms with Crippen LogP contribution in [-0.4, -0.2) is 55.2 Å². The number of aryl methyl sites for hydroxylation is 1. The molecule has 0 saturated heterocycles. The first-order chi connectivity index (χ1) is 19.1. The lowest BCUT2D eigenvalue weighted by molar-refractivity contribution is -0.876. The zero-order chi connectivity index (χ0) is 29.1. The molecule has 40 heavy (non-hydrogen) atoms. The first-order valence-electron chi connectivity index (χ1n) is 15.3. The van der Waals surface area contributed by atoms with Gasteiger partial charge in [0.25, 0.3) is 7.82 Å². The van der Waals surface area contributed by atoms with Crippen molar-refractivity contribution in [3.8, 4) is 0 Å². The summed E-state index contributed by atoms with van der Waals surface area (Å²) in [4.78, 5) is 16.6. The van der Waals surface area contributed by atoms with E-state index < -0.39 is 14.1 Å². The predicted molar refractivity (Wildman–Crippen MR) is 163 cm³/mol. The lowest BCUT2D eigenvalue weighted by Crippen LogP contribution is -2.42. The molecule has 0 spiro atoms. The van der Waals surface area contributed by atoms with Crippen LogP contribution in [0.15, 0.2) is 48.6 Å². The molecule has 2 rings (SSSR count). The first-order valence-corrected chi connectivity index (χ1v) is 16.7. The summed E-state index contributed by atoms with van der Waals surface area (Å²) >= 11 is 0. The molecule has 0 radical (unpaired) electrons. The van der Waals surface area contributed by atoms with Gasteiger partial charge in [0.2, 0.25) is 6.29 Å². The minimum atomic E-state index is -4.46. The number of aliphatic hydroxyl groups excluding tert-OH is 1. The second-order valence-corrected chi connectivity index (χ2v) is 13.2. The zero-order valence-electron chi connectivity index (χ0n) is 25.1. The van der Waals surface area contributed by atoms with Crippen LogP contribution >= 0.6 is 7.82 Å². The summed E-state index contributed by atoms with van der Waals surface area (Å²) < 4.78 is 21.7. The molecule has 0 fully saturated rings. The van der Waals surface area contributed by atoms with Crippen molar-refractivity contribution < 1.29 is 28.1 Å². The fraction of sp³-hybridized carbons (Fsp3) is 0.656. The molecule has 0 aliphatic rings. The van der Waals surface area contributed by atoms with Crippen LogP contribution in [0, 0.1) is 0 Å². The Balaban J connectivity index is 1.33. The number of quaternary nitrogens is 1. The molecule has 2 aromatic rings. The molecule has 1 aromatic carbocycles. The van der Waals surface area contributed by atoms with E-state index in [1.807, 2.05) is 21.1 Å². The van der Waals surface area contributed by atoms with Crippen LogP contribution in [0.4, 0.5) is 0 Å². The van der Waals surface area contributed by atoms with Crippen LogP contribution < -0.4 is 4.89 Å². The highest BCUT2D eigenvalue weighted by Crippen LogP contribution is 2.39. The topological polar surface area (TPSA) is 91.7 Å². The van der Waals surface area contributed by atoms with Crippen molar-refractivity contribution in [2.75, 3.05) is 34.3 Å². The van der Waals surface area contributed by atoms with Gasteiger partial charge in [0, 0.05) is 11.1 Å². The Kier molecular flexibility index (Phi) is 16.9. The van der Waals surface area contributed by atoms with Crippen LogP contribution in [0.5, 0.6) is 0 Å². The van der Waals surface area contributed by atoms with E-state index in [2.05, 4.69) is 53.1 Å². The Hall–Kier alpha value is -1.60. The number of fused-ring (bicyclic) bond motifs is 1. The van der Waals surface area contributed by atoms with E-state index in [4.69, 9.17) is 9.51 Å². The summed E-state index contributed by atoms with van der Waals surface area (Å²) in [6.45, 7) is 0.265. The Morgan fingerprint density at radius 1 is 0.850 bits per heavy atom. The zero-order valence-corrected chi connectivity index (χ0v) is 26.0. The number of likely N-dealkylation sites (N-methyl/N-ethyl adjacent to an activating group) is 1. The summed E-state index contributed by atoms with van der Waals surface area (Å²) in [5, 5.41) is 10.9. The number of hydrogen-bond acceptors (Lipinski definition) is 6. The van der Waals surface area contributed by atoms with Gasteiger partial charge in [0.1, 0.15) is 6.54 Å². The third kappa shape index (κ3) is 17.3. The molecule has 2 atom stereocenters. The van der Waals surface area contributed by atoms with Crippen LogP contribution in [0.25, 0.3) is 10.9 Å². The first kappa shape index (κ1) is 34.6. The monoisotopic (exact) mass is 576 g/mol. The van der Waals surface area contributed by atoms with Crippen molar-refractivity contribution in [1.29, 1.82) is 0 Å².